The first-order valence-electron chi connectivity index (χ1n) is 14.9. The highest BCUT2D eigenvalue weighted by atomic mass is 16.2. The zero-order valence-electron chi connectivity index (χ0n) is 26.3. The predicted molar refractivity (Wildman–Crippen MR) is 172 cm³/mol. The fraction of sp³-hybridized carbons (Fsp3) is 0.364. The molecule has 0 spiro atoms. The largest absolute Gasteiger partial charge is 0.354 e. The molecule has 0 saturated heterocycles. The van der Waals surface area contributed by atoms with Crippen molar-refractivity contribution < 1.29 is 33.6 Å². The molecule has 0 aliphatic rings. The van der Waals surface area contributed by atoms with Crippen molar-refractivity contribution in [1.82, 2.24) is 26.6 Å². The SMILES string of the molecule is C/C=C\C(=O)N(C=O)c1ccc(CCC(=O)NCC(=O)NCC(=O)NC(Cc2ccccc2)C(=O)NCC(=O)NCC(C)C)cc1. The summed E-state index contributed by atoms with van der Waals surface area (Å²) in [5.74, 6) is -2.73. The summed E-state index contributed by atoms with van der Waals surface area (Å²) in [6, 6.07) is 14.6. The number of hydrogen-bond acceptors (Lipinski definition) is 7. The average molecular weight is 635 g/mol. The normalized spacial score (nSPS) is 11.3. The van der Waals surface area contributed by atoms with Crippen molar-refractivity contribution in [2.24, 2.45) is 5.92 Å². The third kappa shape index (κ3) is 14.0. The van der Waals surface area contributed by atoms with Crippen LogP contribution in [0.1, 0.15) is 38.3 Å². The Hall–Kier alpha value is -5.33. The molecule has 0 aromatic heterocycles. The van der Waals surface area contributed by atoms with Crippen molar-refractivity contribution in [1.29, 1.82) is 0 Å². The summed E-state index contributed by atoms with van der Waals surface area (Å²) >= 11 is 0. The summed E-state index contributed by atoms with van der Waals surface area (Å²) < 4.78 is 0. The molecule has 2 aromatic rings. The molecular weight excluding hydrogens is 592 g/mol. The second kappa shape index (κ2) is 19.8. The number of benzene rings is 2. The van der Waals surface area contributed by atoms with Crippen molar-refractivity contribution in [3.8, 4) is 0 Å². The second-order valence-electron chi connectivity index (χ2n) is 10.8. The van der Waals surface area contributed by atoms with E-state index in [4.69, 9.17) is 0 Å². The molecule has 2 rings (SSSR count). The topological polar surface area (TPSA) is 183 Å². The summed E-state index contributed by atoms with van der Waals surface area (Å²) in [5.41, 5.74) is 1.97. The number of amides is 7. The molecule has 46 heavy (non-hydrogen) atoms. The maximum Gasteiger partial charge on any atom is 0.257 e. The van der Waals surface area contributed by atoms with Gasteiger partial charge in [-0.05, 0) is 48.6 Å². The van der Waals surface area contributed by atoms with Gasteiger partial charge >= 0.3 is 0 Å². The summed E-state index contributed by atoms with van der Waals surface area (Å²) in [6.45, 7) is 5.00. The van der Waals surface area contributed by atoms with E-state index in [2.05, 4.69) is 26.6 Å². The molecule has 5 N–H and O–H groups in total. The molecule has 0 radical (unpaired) electrons. The average Bonchev–Trinajstić information content (AvgIpc) is 3.04. The van der Waals surface area contributed by atoms with E-state index >= 15 is 0 Å². The molecule has 246 valence electrons. The van der Waals surface area contributed by atoms with Crippen LogP contribution in [0.5, 0.6) is 0 Å². The molecule has 0 bridgehead atoms. The lowest BCUT2D eigenvalue weighted by molar-refractivity contribution is -0.131. The minimum atomic E-state index is -0.992. The van der Waals surface area contributed by atoms with Crippen LogP contribution in [0.25, 0.3) is 0 Å². The molecule has 13 heteroatoms. The number of anilines is 1. The van der Waals surface area contributed by atoms with Crippen molar-refractivity contribution in [3.05, 3.63) is 77.9 Å². The molecule has 0 fully saturated rings. The van der Waals surface area contributed by atoms with Crippen LogP contribution in [0.15, 0.2) is 66.7 Å². The third-order valence-electron chi connectivity index (χ3n) is 6.46. The van der Waals surface area contributed by atoms with E-state index in [0.717, 1.165) is 16.0 Å². The highest BCUT2D eigenvalue weighted by molar-refractivity contribution is 6.12. The standard InChI is InChI=1S/C33H42N6O7/c1-4-8-32(45)39(22-40)26-14-11-24(12-15-26)13-16-28(41)35-19-29(42)36-21-31(44)38-27(17-25-9-6-5-7-10-25)33(46)37-20-30(43)34-18-23(2)3/h4-12,14-15,22-23,27H,13,16-21H2,1-3H3,(H,34,43)(H,35,41)(H,36,42)(H,37,46)(H,38,44)/b8-4-. The first-order chi connectivity index (χ1) is 22.0. The predicted octanol–water partition coefficient (Wildman–Crippen LogP) is 0.533. The van der Waals surface area contributed by atoms with Gasteiger partial charge in [0.15, 0.2) is 0 Å². The molecule has 1 atom stereocenters. The molecule has 0 saturated carbocycles. The van der Waals surface area contributed by atoms with E-state index in [-0.39, 0.29) is 37.8 Å². The number of carbonyl (C=O) groups excluding carboxylic acids is 7. The molecule has 0 aliphatic heterocycles. The van der Waals surface area contributed by atoms with Gasteiger partial charge in [0.2, 0.25) is 35.9 Å². The number of rotatable bonds is 18. The Kier molecular flexibility index (Phi) is 15.9. The number of hydrogen-bond donors (Lipinski definition) is 5. The van der Waals surface area contributed by atoms with Gasteiger partial charge in [0.25, 0.3) is 5.91 Å². The van der Waals surface area contributed by atoms with Gasteiger partial charge in [-0.25, -0.2) is 4.90 Å². The van der Waals surface area contributed by atoms with Gasteiger partial charge in [0, 0.05) is 19.4 Å². The zero-order chi connectivity index (χ0) is 33.9. The molecule has 0 heterocycles. The van der Waals surface area contributed by atoms with Crippen molar-refractivity contribution in [2.75, 3.05) is 31.1 Å². The van der Waals surface area contributed by atoms with Crippen LogP contribution < -0.4 is 31.5 Å². The lowest BCUT2D eigenvalue weighted by Gasteiger charge is -2.19. The van der Waals surface area contributed by atoms with Crippen LogP contribution in [0.4, 0.5) is 5.69 Å². The summed E-state index contributed by atoms with van der Waals surface area (Å²) in [4.78, 5) is 86.2. The molecule has 7 amide bonds. The van der Waals surface area contributed by atoms with E-state index in [1.54, 1.807) is 55.5 Å². The Bertz CT molecular complexity index is 1380. The number of imide groups is 1. The molecular formula is C33H42N6O7. The van der Waals surface area contributed by atoms with E-state index in [1.165, 1.54) is 12.2 Å². The third-order valence-corrected chi connectivity index (χ3v) is 6.46. The van der Waals surface area contributed by atoms with Gasteiger partial charge < -0.3 is 26.6 Å². The van der Waals surface area contributed by atoms with Crippen LogP contribution in [-0.4, -0.2) is 74.1 Å². The molecule has 1 unspecified atom stereocenters. The smallest absolute Gasteiger partial charge is 0.257 e. The second-order valence-corrected chi connectivity index (χ2v) is 10.8. The summed E-state index contributed by atoms with van der Waals surface area (Å²) in [5, 5.41) is 12.7. The number of carbonyl (C=O) groups is 7. The monoisotopic (exact) mass is 634 g/mol. The van der Waals surface area contributed by atoms with E-state index < -0.39 is 42.1 Å². The number of nitrogens with zero attached hydrogens (tertiary/aromatic N) is 1. The Morgan fingerprint density at radius 1 is 0.739 bits per heavy atom. The number of aryl methyl sites for hydroxylation is 1. The summed E-state index contributed by atoms with van der Waals surface area (Å²) in [7, 11) is 0. The highest BCUT2D eigenvalue weighted by Gasteiger charge is 2.22. The van der Waals surface area contributed by atoms with Gasteiger partial charge in [0.1, 0.15) is 6.04 Å². The lowest BCUT2D eigenvalue weighted by atomic mass is 10.1. The number of nitrogens with one attached hydrogen (secondary N) is 5. The van der Waals surface area contributed by atoms with E-state index in [9.17, 15) is 33.6 Å². The zero-order valence-corrected chi connectivity index (χ0v) is 26.3. The molecule has 0 aliphatic carbocycles. The van der Waals surface area contributed by atoms with Gasteiger partial charge in [-0.15, -0.1) is 0 Å². The van der Waals surface area contributed by atoms with Crippen LogP contribution >= 0.6 is 0 Å². The Labute approximate surface area is 268 Å². The first kappa shape index (κ1) is 36.9. The fourth-order valence-electron chi connectivity index (χ4n) is 4.03. The van der Waals surface area contributed by atoms with Crippen molar-refractivity contribution in [3.63, 3.8) is 0 Å². The van der Waals surface area contributed by atoms with Crippen LogP contribution in [0.3, 0.4) is 0 Å². The lowest BCUT2D eigenvalue weighted by Crippen LogP contribution is -2.52. The quantitative estimate of drug-likeness (QED) is 0.117. The molecule has 2 aromatic carbocycles. The van der Waals surface area contributed by atoms with E-state index in [0.29, 0.717) is 25.1 Å². The van der Waals surface area contributed by atoms with Crippen molar-refractivity contribution in [2.45, 2.75) is 46.1 Å². The van der Waals surface area contributed by atoms with Gasteiger partial charge in [-0.2, -0.15) is 0 Å². The fourth-order valence-corrected chi connectivity index (χ4v) is 4.03. The van der Waals surface area contributed by atoms with Gasteiger partial charge in [0.05, 0.1) is 25.3 Å². The van der Waals surface area contributed by atoms with Crippen molar-refractivity contribution >= 4 is 47.5 Å². The number of allylic oxidation sites excluding steroid dienone is 1. The minimum absolute atomic E-state index is 0.0772. The van der Waals surface area contributed by atoms with Gasteiger partial charge in [-0.3, -0.25) is 33.6 Å². The maximum atomic E-state index is 12.8. The van der Waals surface area contributed by atoms with Crippen LogP contribution in [0.2, 0.25) is 0 Å². The van der Waals surface area contributed by atoms with E-state index in [1.807, 2.05) is 19.9 Å². The minimum Gasteiger partial charge on any atom is -0.354 e. The Morgan fingerprint density at radius 2 is 1.35 bits per heavy atom. The van der Waals surface area contributed by atoms with Crippen LogP contribution in [0, 0.1) is 5.92 Å². The summed E-state index contributed by atoms with van der Waals surface area (Å²) in [6.07, 6.45) is 3.83. The maximum absolute atomic E-state index is 12.8. The first-order valence-corrected chi connectivity index (χ1v) is 14.9. The Balaban J connectivity index is 1.79. The highest BCUT2D eigenvalue weighted by Crippen LogP contribution is 2.15. The Morgan fingerprint density at radius 3 is 1.98 bits per heavy atom. The molecule has 13 nitrogen and oxygen atoms in total. The van der Waals surface area contributed by atoms with Crippen LogP contribution in [-0.2, 0) is 46.4 Å². The van der Waals surface area contributed by atoms with Gasteiger partial charge in [-0.1, -0.05) is 62.4 Å².